The van der Waals surface area contributed by atoms with Gasteiger partial charge in [-0.3, -0.25) is 14.4 Å². The normalized spacial score (nSPS) is 9.82. The summed E-state index contributed by atoms with van der Waals surface area (Å²) >= 11 is 0. The Kier molecular flexibility index (Phi) is 11.7. The van der Waals surface area contributed by atoms with E-state index in [1.54, 1.807) is 4.90 Å². The molecule has 0 fully saturated rings. The summed E-state index contributed by atoms with van der Waals surface area (Å²) in [5.41, 5.74) is 5.93. The molecule has 3 N–H and O–H groups in total. The number of aromatic amines is 1. The van der Waals surface area contributed by atoms with Crippen LogP contribution in [0.25, 0.3) is 11.3 Å². The summed E-state index contributed by atoms with van der Waals surface area (Å²) < 4.78 is 0. The van der Waals surface area contributed by atoms with Gasteiger partial charge in [0.2, 0.25) is 0 Å². The van der Waals surface area contributed by atoms with E-state index < -0.39 is 0 Å². The van der Waals surface area contributed by atoms with Gasteiger partial charge in [-0.1, -0.05) is 36.4 Å². The summed E-state index contributed by atoms with van der Waals surface area (Å²) in [5.74, 6) is 0.880. The van der Waals surface area contributed by atoms with Crippen LogP contribution in [0.1, 0.15) is 33.0 Å². The van der Waals surface area contributed by atoms with Crippen molar-refractivity contribution in [2.45, 2.75) is 26.9 Å². The maximum Gasteiger partial charge on any atom is 0.290 e. The van der Waals surface area contributed by atoms with Crippen LogP contribution in [0.15, 0.2) is 48.5 Å². The molecule has 0 aliphatic rings. The lowest BCUT2D eigenvalue weighted by Crippen LogP contribution is -2.27. The maximum absolute atomic E-state index is 13.0. The lowest BCUT2D eigenvalue weighted by atomic mass is 10.0. The molecule has 1 heterocycles. The van der Waals surface area contributed by atoms with Crippen molar-refractivity contribution < 1.29 is 24.6 Å². The molecule has 0 atom stereocenters. The third-order valence-corrected chi connectivity index (χ3v) is 4.75. The van der Waals surface area contributed by atoms with E-state index in [-0.39, 0.29) is 18.9 Å². The Morgan fingerprint density at radius 1 is 0.941 bits per heavy atom. The number of hydrogen-bond acceptors (Lipinski definition) is 5. The molecule has 1 aromatic heterocycles. The molecule has 34 heavy (non-hydrogen) atoms. The van der Waals surface area contributed by atoms with Crippen molar-refractivity contribution in [1.82, 2.24) is 19.8 Å². The van der Waals surface area contributed by atoms with Crippen LogP contribution in [0.4, 0.5) is 0 Å². The first-order chi connectivity index (χ1) is 16.2. The number of benzene rings is 2. The largest absolute Gasteiger partial charge is 0.483 e. The molecule has 182 valence electrons. The molecule has 0 spiro atoms. The molecule has 0 unspecified atom stereocenters. The molecular weight excluding hydrogens is 436 g/mol. The van der Waals surface area contributed by atoms with E-state index in [4.69, 9.17) is 19.8 Å². The van der Waals surface area contributed by atoms with Crippen LogP contribution in [-0.4, -0.2) is 70.0 Å². The van der Waals surface area contributed by atoms with E-state index in [1.165, 1.54) is 11.1 Å². The van der Waals surface area contributed by atoms with Gasteiger partial charge in [-0.2, -0.15) is 0 Å². The van der Waals surface area contributed by atoms with Crippen molar-refractivity contribution in [2.75, 3.05) is 21.1 Å². The second kappa shape index (κ2) is 14.2. The maximum atomic E-state index is 13.0. The third-order valence-electron chi connectivity index (χ3n) is 4.75. The zero-order valence-corrected chi connectivity index (χ0v) is 20.1. The summed E-state index contributed by atoms with van der Waals surface area (Å²) in [6, 6.07) is 16.0. The highest BCUT2D eigenvalue weighted by Crippen LogP contribution is 2.23. The van der Waals surface area contributed by atoms with E-state index >= 15 is 0 Å². The van der Waals surface area contributed by atoms with E-state index in [0.717, 1.165) is 29.3 Å². The van der Waals surface area contributed by atoms with Gasteiger partial charge in [-0.05, 0) is 51.2 Å². The van der Waals surface area contributed by atoms with Crippen LogP contribution in [0.2, 0.25) is 0 Å². The van der Waals surface area contributed by atoms with E-state index in [0.29, 0.717) is 12.1 Å². The lowest BCUT2D eigenvalue weighted by molar-refractivity contribution is -0.123. The number of rotatable bonds is 6. The predicted octanol–water partition coefficient (Wildman–Crippen LogP) is 3.43. The van der Waals surface area contributed by atoms with Crippen LogP contribution in [0.3, 0.4) is 0 Å². The highest BCUT2D eigenvalue weighted by molar-refractivity contribution is 5.95. The van der Waals surface area contributed by atoms with Crippen LogP contribution >= 0.6 is 0 Å². The molecule has 0 bridgehead atoms. The predicted molar refractivity (Wildman–Crippen MR) is 131 cm³/mol. The molecule has 1 amide bonds. The van der Waals surface area contributed by atoms with Crippen molar-refractivity contribution >= 4 is 18.9 Å². The van der Waals surface area contributed by atoms with Gasteiger partial charge in [-0.25, -0.2) is 4.98 Å². The number of nitrogens with zero attached hydrogens (tertiary/aromatic N) is 3. The molecule has 0 aliphatic heterocycles. The highest BCUT2D eigenvalue weighted by Gasteiger charge is 2.16. The van der Waals surface area contributed by atoms with E-state index in [2.05, 4.69) is 41.1 Å². The number of carbonyl (C=O) groups is 3. The Hall–Kier alpha value is -3.98. The third kappa shape index (κ3) is 8.51. The summed E-state index contributed by atoms with van der Waals surface area (Å²) in [6.07, 6.45) is 0. The van der Waals surface area contributed by atoms with Gasteiger partial charge in [0.15, 0.2) is 0 Å². The average molecular weight is 469 g/mol. The van der Waals surface area contributed by atoms with Gasteiger partial charge in [0.1, 0.15) is 5.82 Å². The number of carbonyl (C=O) groups excluding carboxylic acids is 1. The van der Waals surface area contributed by atoms with Crippen molar-refractivity contribution in [2.24, 2.45) is 0 Å². The Labute approximate surface area is 199 Å². The molecule has 0 radical (unpaired) electrons. The smallest absolute Gasteiger partial charge is 0.290 e. The number of aryl methyl sites for hydroxylation is 2. The average Bonchev–Trinajstić information content (AvgIpc) is 3.13. The SMILES string of the molecule is Cc1nc(-c2cccc(C(=O)N(C)Cc3ccccc3CN(C)C)c2)c(C)[nH]1.O=CO.O=CO. The Morgan fingerprint density at radius 2 is 1.50 bits per heavy atom. The zero-order valence-electron chi connectivity index (χ0n) is 20.1. The fourth-order valence-electron chi connectivity index (χ4n) is 3.45. The van der Waals surface area contributed by atoms with Gasteiger partial charge in [0, 0.05) is 37.0 Å². The van der Waals surface area contributed by atoms with Gasteiger partial charge in [0.25, 0.3) is 18.9 Å². The van der Waals surface area contributed by atoms with E-state index in [1.807, 2.05) is 57.3 Å². The van der Waals surface area contributed by atoms with Crippen LogP contribution in [0, 0.1) is 13.8 Å². The van der Waals surface area contributed by atoms with Gasteiger partial charge >= 0.3 is 0 Å². The van der Waals surface area contributed by atoms with Gasteiger partial charge < -0.3 is 25.0 Å². The molecular formula is C25H32N4O5. The molecule has 9 heteroatoms. The van der Waals surface area contributed by atoms with Gasteiger partial charge in [0.05, 0.1) is 5.69 Å². The zero-order chi connectivity index (χ0) is 25.7. The highest BCUT2D eigenvalue weighted by atomic mass is 16.3. The fraction of sp³-hybridized carbons (Fsp3) is 0.280. The molecule has 9 nitrogen and oxygen atoms in total. The lowest BCUT2D eigenvalue weighted by Gasteiger charge is -2.21. The number of imidazole rings is 1. The minimum atomic E-state index is -0.250. The first-order valence-electron chi connectivity index (χ1n) is 10.4. The second-order valence-electron chi connectivity index (χ2n) is 7.76. The number of carboxylic acid groups (broad SMARTS) is 2. The quantitative estimate of drug-likeness (QED) is 0.473. The Bertz CT molecular complexity index is 1070. The summed E-state index contributed by atoms with van der Waals surface area (Å²) in [6.45, 7) is 4.86. The van der Waals surface area contributed by atoms with Crippen molar-refractivity contribution in [3.8, 4) is 11.3 Å². The number of amides is 1. The number of H-pyrrole nitrogens is 1. The van der Waals surface area contributed by atoms with Crippen LogP contribution in [-0.2, 0) is 22.7 Å². The second-order valence-corrected chi connectivity index (χ2v) is 7.76. The first-order valence-corrected chi connectivity index (χ1v) is 10.4. The van der Waals surface area contributed by atoms with Gasteiger partial charge in [-0.15, -0.1) is 0 Å². The fourth-order valence-corrected chi connectivity index (χ4v) is 3.45. The van der Waals surface area contributed by atoms with Crippen molar-refractivity contribution in [1.29, 1.82) is 0 Å². The topological polar surface area (TPSA) is 127 Å². The molecule has 0 aliphatic carbocycles. The molecule has 3 rings (SSSR count). The number of nitrogens with one attached hydrogen (secondary N) is 1. The van der Waals surface area contributed by atoms with Crippen LogP contribution in [0.5, 0.6) is 0 Å². The summed E-state index contributed by atoms with van der Waals surface area (Å²) in [5, 5.41) is 13.8. The first kappa shape index (κ1) is 28.1. The standard InChI is InChI=1S/C23H28N4O.2CH2O2/c1-16-22(25-17(2)24-16)18-11-8-12-19(13-18)23(28)27(5)15-21-10-7-6-9-20(21)14-26(3)4;2*2-1-3/h6-13H,14-15H2,1-5H3,(H,24,25);2*1H,(H,2,3). The molecule has 0 saturated heterocycles. The van der Waals surface area contributed by atoms with Crippen molar-refractivity contribution in [3.05, 3.63) is 76.7 Å². The minimum Gasteiger partial charge on any atom is -0.483 e. The van der Waals surface area contributed by atoms with Crippen LogP contribution < -0.4 is 0 Å². The minimum absolute atomic E-state index is 0.00594. The van der Waals surface area contributed by atoms with E-state index in [9.17, 15) is 4.79 Å². The molecule has 2 aromatic carbocycles. The monoisotopic (exact) mass is 468 g/mol. The summed E-state index contributed by atoms with van der Waals surface area (Å²) in [7, 11) is 5.96. The molecule has 3 aromatic rings. The number of hydrogen-bond donors (Lipinski definition) is 3. The Morgan fingerprint density at radius 3 is 2.00 bits per heavy atom. The summed E-state index contributed by atoms with van der Waals surface area (Å²) in [4.78, 5) is 41.4. The Balaban J connectivity index is 0.000000872. The number of aromatic nitrogens is 2. The molecule has 0 saturated carbocycles. The van der Waals surface area contributed by atoms with Crippen molar-refractivity contribution in [3.63, 3.8) is 0 Å².